The first-order chi connectivity index (χ1) is 9.26. The first-order valence-corrected chi connectivity index (χ1v) is 6.75. The molecular weight excluding hydrogens is 259 g/mol. The van der Waals surface area contributed by atoms with Crippen molar-refractivity contribution < 1.29 is 13.9 Å². The number of hydrogen-bond donors (Lipinski definition) is 1. The molecule has 5 heteroatoms. The molecule has 1 heterocycles. The Morgan fingerprint density at radius 1 is 1.30 bits per heavy atom. The van der Waals surface area contributed by atoms with Gasteiger partial charge in [-0.15, -0.1) is 0 Å². The summed E-state index contributed by atoms with van der Waals surface area (Å²) in [5.41, 5.74) is 6.53. The highest BCUT2D eigenvalue weighted by Gasteiger charge is 2.35. The molecule has 0 saturated carbocycles. The van der Waals surface area contributed by atoms with Crippen molar-refractivity contribution >= 4 is 6.09 Å². The number of hydrogen-bond acceptors (Lipinski definition) is 3. The highest BCUT2D eigenvalue weighted by molar-refractivity contribution is 5.69. The van der Waals surface area contributed by atoms with Gasteiger partial charge in [-0.25, -0.2) is 9.18 Å². The summed E-state index contributed by atoms with van der Waals surface area (Å²) in [6, 6.07) is 6.11. The van der Waals surface area contributed by atoms with Crippen molar-refractivity contribution in [1.82, 2.24) is 4.90 Å². The van der Waals surface area contributed by atoms with Crippen molar-refractivity contribution in [3.8, 4) is 0 Å². The van der Waals surface area contributed by atoms with Crippen molar-refractivity contribution in [2.45, 2.75) is 38.3 Å². The molecule has 1 aliphatic heterocycles. The van der Waals surface area contributed by atoms with Crippen LogP contribution in [0.4, 0.5) is 9.18 Å². The summed E-state index contributed by atoms with van der Waals surface area (Å²) in [5.74, 6) is -0.257. The molecule has 0 aromatic heterocycles. The summed E-state index contributed by atoms with van der Waals surface area (Å²) in [6.45, 7) is 6.45. The topological polar surface area (TPSA) is 55.6 Å². The minimum Gasteiger partial charge on any atom is -0.444 e. The molecule has 1 aromatic rings. The number of ether oxygens (including phenoxy) is 1. The van der Waals surface area contributed by atoms with Crippen LogP contribution in [-0.4, -0.2) is 35.7 Å². The van der Waals surface area contributed by atoms with Crippen molar-refractivity contribution in [2.24, 2.45) is 5.73 Å². The molecule has 2 rings (SSSR count). The van der Waals surface area contributed by atoms with Crippen LogP contribution in [0.3, 0.4) is 0 Å². The molecule has 0 spiro atoms. The van der Waals surface area contributed by atoms with E-state index in [4.69, 9.17) is 10.5 Å². The third-order valence-corrected chi connectivity index (χ3v) is 3.31. The molecular formula is C15H21FN2O2. The molecule has 1 aliphatic rings. The van der Waals surface area contributed by atoms with Gasteiger partial charge >= 0.3 is 6.09 Å². The van der Waals surface area contributed by atoms with Crippen LogP contribution >= 0.6 is 0 Å². The number of carbonyl (C=O) groups is 1. The molecule has 1 amide bonds. The third-order valence-electron chi connectivity index (χ3n) is 3.31. The lowest BCUT2D eigenvalue weighted by molar-refractivity contribution is 0.0290. The Balaban J connectivity index is 2.05. The molecule has 2 atom stereocenters. The standard InChI is InChI=1S/C15H21FN2O2/c1-15(2,3)20-14(19)18-8-12(13(17)9-18)10-4-6-11(16)7-5-10/h4-7,12-13H,8-9,17H2,1-3H3/t12-,13+/m0/s1. The van der Waals surface area contributed by atoms with Crippen LogP contribution in [0.1, 0.15) is 32.3 Å². The van der Waals surface area contributed by atoms with Crippen LogP contribution < -0.4 is 5.73 Å². The van der Waals surface area contributed by atoms with Gasteiger partial charge in [0, 0.05) is 25.0 Å². The second-order valence-electron chi connectivity index (χ2n) is 6.21. The second-order valence-corrected chi connectivity index (χ2v) is 6.21. The van der Waals surface area contributed by atoms with Gasteiger partial charge < -0.3 is 15.4 Å². The van der Waals surface area contributed by atoms with E-state index in [0.29, 0.717) is 13.1 Å². The molecule has 1 fully saturated rings. The van der Waals surface area contributed by atoms with Gasteiger partial charge in [0.05, 0.1) is 0 Å². The van der Waals surface area contributed by atoms with E-state index < -0.39 is 5.60 Å². The maximum absolute atomic E-state index is 12.9. The Bertz CT molecular complexity index is 482. The van der Waals surface area contributed by atoms with Crippen molar-refractivity contribution in [2.75, 3.05) is 13.1 Å². The smallest absolute Gasteiger partial charge is 0.410 e. The van der Waals surface area contributed by atoms with E-state index >= 15 is 0 Å². The minimum absolute atomic E-state index is 0.0168. The maximum atomic E-state index is 12.9. The van der Waals surface area contributed by atoms with Gasteiger partial charge in [0.15, 0.2) is 0 Å². The number of nitrogens with two attached hydrogens (primary N) is 1. The fraction of sp³-hybridized carbons (Fsp3) is 0.533. The number of amides is 1. The van der Waals surface area contributed by atoms with E-state index in [0.717, 1.165) is 5.56 Å². The predicted molar refractivity (Wildman–Crippen MR) is 74.9 cm³/mol. The summed E-state index contributed by atoms with van der Waals surface area (Å²) in [7, 11) is 0. The summed E-state index contributed by atoms with van der Waals surface area (Å²) < 4.78 is 18.3. The zero-order valence-corrected chi connectivity index (χ0v) is 12.1. The number of nitrogens with zero attached hydrogens (tertiary/aromatic N) is 1. The predicted octanol–water partition coefficient (Wildman–Crippen LogP) is 2.49. The monoisotopic (exact) mass is 280 g/mol. The minimum atomic E-state index is -0.519. The van der Waals surface area contributed by atoms with Crippen LogP contribution in [0.5, 0.6) is 0 Å². The summed E-state index contributed by atoms with van der Waals surface area (Å²) in [5, 5.41) is 0. The summed E-state index contributed by atoms with van der Waals surface area (Å²) in [6.07, 6.45) is -0.349. The summed E-state index contributed by atoms with van der Waals surface area (Å²) >= 11 is 0. The molecule has 0 bridgehead atoms. The molecule has 1 saturated heterocycles. The Kier molecular flexibility index (Phi) is 3.99. The number of benzene rings is 1. The Labute approximate surface area is 118 Å². The Hall–Kier alpha value is -1.62. The van der Waals surface area contributed by atoms with Crippen LogP contribution in [0, 0.1) is 5.82 Å². The number of halogens is 1. The van der Waals surface area contributed by atoms with Gasteiger partial charge in [-0.05, 0) is 38.5 Å². The molecule has 110 valence electrons. The van der Waals surface area contributed by atoms with Gasteiger partial charge in [-0.3, -0.25) is 0 Å². The van der Waals surface area contributed by atoms with E-state index in [9.17, 15) is 9.18 Å². The van der Waals surface area contributed by atoms with Crippen LogP contribution in [-0.2, 0) is 4.74 Å². The largest absolute Gasteiger partial charge is 0.444 e. The lowest BCUT2D eigenvalue weighted by Gasteiger charge is -2.24. The SMILES string of the molecule is CC(C)(C)OC(=O)N1C[C@@H](N)[C@H](c2ccc(F)cc2)C1. The fourth-order valence-electron chi connectivity index (χ4n) is 2.37. The number of rotatable bonds is 1. The zero-order chi connectivity index (χ0) is 14.9. The van der Waals surface area contributed by atoms with E-state index in [1.54, 1.807) is 17.0 Å². The van der Waals surface area contributed by atoms with Crippen molar-refractivity contribution in [3.63, 3.8) is 0 Å². The normalized spacial score (nSPS) is 22.9. The summed E-state index contributed by atoms with van der Waals surface area (Å²) in [4.78, 5) is 13.6. The third kappa shape index (κ3) is 3.48. The maximum Gasteiger partial charge on any atom is 0.410 e. The molecule has 20 heavy (non-hydrogen) atoms. The van der Waals surface area contributed by atoms with Gasteiger partial charge in [0.1, 0.15) is 11.4 Å². The molecule has 0 aliphatic carbocycles. The average Bonchev–Trinajstić information content (AvgIpc) is 2.70. The zero-order valence-electron chi connectivity index (χ0n) is 12.1. The fourth-order valence-corrected chi connectivity index (χ4v) is 2.37. The molecule has 4 nitrogen and oxygen atoms in total. The first kappa shape index (κ1) is 14.8. The van der Waals surface area contributed by atoms with Crippen LogP contribution in [0.25, 0.3) is 0 Å². The highest BCUT2D eigenvalue weighted by atomic mass is 19.1. The lowest BCUT2D eigenvalue weighted by atomic mass is 9.95. The van der Waals surface area contributed by atoms with E-state index in [1.807, 2.05) is 20.8 Å². The van der Waals surface area contributed by atoms with Gasteiger partial charge in [0.25, 0.3) is 0 Å². The molecule has 1 aromatic carbocycles. The van der Waals surface area contributed by atoms with Crippen LogP contribution in [0.15, 0.2) is 24.3 Å². The van der Waals surface area contributed by atoms with E-state index in [1.165, 1.54) is 12.1 Å². The number of likely N-dealkylation sites (tertiary alicyclic amines) is 1. The molecule has 0 unspecified atom stereocenters. The van der Waals surface area contributed by atoms with Gasteiger partial charge in [-0.2, -0.15) is 0 Å². The van der Waals surface area contributed by atoms with Crippen molar-refractivity contribution in [1.29, 1.82) is 0 Å². The van der Waals surface area contributed by atoms with Gasteiger partial charge in [0.2, 0.25) is 0 Å². The van der Waals surface area contributed by atoms with Crippen LogP contribution in [0.2, 0.25) is 0 Å². The quantitative estimate of drug-likeness (QED) is 0.860. The molecule has 2 N–H and O–H groups in total. The Morgan fingerprint density at radius 3 is 2.45 bits per heavy atom. The Morgan fingerprint density at radius 2 is 1.90 bits per heavy atom. The first-order valence-electron chi connectivity index (χ1n) is 6.75. The number of carbonyl (C=O) groups excluding carboxylic acids is 1. The molecule has 0 radical (unpaired) electrons. The lowest BCUT2D eigenvalue weighted by Crippen LogP contribution is -2.36. The highest BCUT2D eigenvalue weighted by Crippen LogP contribution is 2.27. The van der Waals surface area contributed by atoms with Crippen molar-refractivity contribution in [3.05, 3.63) is 35.6 Å². The van der Waals surface area contributed by atoms with E-state index in [2.05, 4.69) is 0 Å². The van der Waals surface area contributed by atoms with E-state index in [-0.39, 0.29) is 23.9 Å². The van der Waals surface area contributed by atoms with Gasteiger partial charge in [-0.1, -0.05) is 12.1 Å². The average molecular weight is 280 g/mol. The second kappa shape index (κ2) is 5.40.